The van der Waals surface area contributed by atoms with Gasteiger partial charge < -0.3 is 4.74 Å². The van der Waals surface area contributed by atoms with E-state index in [9.17, 15) is 4.79 Å². The summed E-state index contributed by atoms with van der Waals surface area (Å²) >= 11 is 0. The van der Waals surface area contributed by atoms with Gasteiger partial charge in [0.25, 0.3) is 0 Å². The first-order valence-electron chi connectivity index (χ1n) is 4.49. The molecule has 0 spiro atoms. The van der Waals surface area contributed by atoms with Crippen LogP contribution < -0.4 is 0 Å². The van der Waals surface area contributed by atoms with Crippen LogP contribution in [0, 0.1) is 5.92 Å². The Bertz CT molecular complexity index is 194. The van der Waals surface area contributed by atoms with Gasteiger partial charge in [-0.2, -0.15) is 0 Å². The molecular weight excluding hydrogens is 152 g/mol. The van der Waals surface area contributed by atoms with Crippen LogP contribution in [0.4, 0.5) is 0 Å². The second-order valence-corrected chi connectivity index (χ2v) is 3.35. The van der Waals surface area contributed by atoms with E-state index < -0.39 is 0 Å². The summed E-state index contributed by atoms with van der Waals surface area (Å²) in [5.74, 6) is 0.273. The highest BCUT2D eigenvalue weighted by molar-refractivity contribution is 5.69. The van der Waals surface area contributed by atoms with Crippen molar-refractivity contribution in [2.24, 2.45) is 5.92 Å². The number of methoxy groups -OCH3 is 1. The molecule has 68 valence electrons. The number of allylic oxidation sites excluding steroid dienone is 2. The molecule has 2 nitrogen and oxygen atoms in total. The summed E-state index contributed by atoms with van der Waals surface area (Å²) in [6, 6.07) is 0. The maximum atomic E-state index is 10.9. The van der Waals surface area contributed by atoms with Crippen LogP contribution in [0.2, 0.25) is 0 Å². The Hall–Kier alpha value is -0.790. The molecule has 0 fully saturated rings. The zero-order valence-corrected chi connectivity index (χ0v) is 7.80. The molecule has 2 heteroatoms. The Morgan fingerprint density at radius 2 is 2.50 bits per heavy atom. The van der Waals surface area contributed by atoms with E-state index in [0.29, 0.717) is 12.3 Å². The molecule has 0 radical (unpaired) electrons. The number of rotatable bonds is 3. The largest absolute Gasteiger partial charge is 0.469 e. The van der Waals surface area contributed by atoms with Crippen LogP contribution in [0.1, 0.15) is 32.6 Å². The van der Waals surface area contributed by atoms with Gasteiger partial charge in [-0.25, -0.2) is 0 Å². The van der Waals surface area contributed by atoms with Gasteiger partial charge in [-0.3, -0.25) is 4.79 Å². The molecule has 1 aliphatic carbocycles. The second kappa shape index (κ2) is 4.29. The zero-order valence-electron chi connectivity index (χ0n) is 7.80. The second-order valence-electron chi connectivity index (χ2n) is 3.35. The summed E-state index contributed by atoms with van der Waals surface area (Å²) < 4.78 is 4.61. The fourth-order valence-corrected chi connectivity index (χ4v) is 1.61. The maximum Gasteiger partial charge on any atom is 0.306 e. The summed E-state index contributed by atoms with van der Waals surface area (Å²) in [5.41, 5.74) is 1.43. The molecule has 0 bridgehead atoms. The third kappa shape index (κ3) is 2.36. The van der Waals surface area contributed by atoms with E-state index in [2.05, 4.69) is 17.7 Å². The number of esters is 1. The first-order valence-corrected chi connectivity index (χ1v) is 4.49. The van der Waals surface area contributed by atoms with Crippen molar-refractivity contribution in [3.63, 3.8) is 0 Å². The molecule has 0 saturated carbocycles. The highest BCUT2D eigenvalue weighted by atomic mass is 16.5. The van der Waals surface area contributed by atoms with Crippen LogP contribution >= 0.6 is 0 Å². The number of hydrogen-bond acceptors (Lipinski definition) is 2. The monoisotopic (exact) mass is 168 g/mol. The maximum absolute atomic E-state index is 10.9. The minimum atomic E-state index is -0.102. The zero-order chi connectivity index (χ0) is 8.97. The van der Waals surface area contributed by atoms with Gasteiger partial charge in [-0.1, -0.05) is 18.6 Å². The SMILES string of the molecule is COC(=O)CC(C)C1=CCCC1. The van der Waals surface area contributed by atoms with Crippen molar-refractivity contribution in [1.29, 1.82) is 0 Å². The average molecular weight is 168 g/mol. The van der Waals surface area contributed by atoms with E-state index in [1.54, 1.807) is 0 Å². The Morgan fingerprint density at radius 1 is 1.75 bits per heavy atom. The molecule has 0 N–H and O–H groups in total. The quantitative estimate of drug-likeness (QED) is 0.477. The van der Waals surface area contributed by atoms with Crippen molar-refractivity contribution in [1.82, 2.24) is 0 Å². The Morgan fingerprint density at radius 3 is 3.00 bits per heavy atom. The lowest BCUT2D eigenvalue weighted by Gasteiger charge is -2.10. The fraction of sp³-hybridized carbons (Fsp3) is 0.700. The molecule has 1 rings (SSSR count). The lowest BCUT2D eigenvalue weighted by molar-refractivity contribution is -0.141. The normalized spacial score (nSPS) is 18.7. The molecule has 12 heavy (non-hydrogen) atoms. The molecule has 1 atom stereocenters. The van der Waals surface area contributed by atoms with Crippen LogP contribution in [-0.4, -0.2) is 13.1 Å². The van der Waals surface area contributed by atoms with E-state index in [4.69, 9.17) is 0 Å². The first kappa shape index (κ1) is 9.30. The van der Waals surface area contributed by atoms with E-state index in [1.807, 2.05) is 0 Å². The smallest absolute Gasteiger partial charge is 0.306 e. The third-order valence-corrected chi connectivity index (χ3v) is 2.41. The van der Waals surface area contributed by atoms with Crippen molar-refractivity contribution in [2.75, 3.05) is 7.11 Å². The van der Waals surface area contributed by atoms with Gasteiger partial charge in [0.1, 0.15) is 0 Å². The molecule has 0 aliphatic heterocycles. The minimum Gasteiger partial charge on any atom is -0.469 e. The summed E-state index contributed by atoms with van der Waals surface area (Å²) in [5, 5.41) is 0. The molecule has 1 unspecified atom stereocenters. The third-order valence-electron chi connectivity index (χ3n) is 2.41. The van der Waals surface area contributed by atoms with Gasteiger partial charge >= 0.3 is 5.97 Å². The van der Waals surface area contributed by atoms with Crippen molar-refractivity contribution in [3.05, 3.63) is 11.6 Å². The van der Waals surface area contributed by atoms with E-state index in [1.165, 1.54) is 25.5 Å². The van der Waals surface area contributed by atoms with E-state index in [-0.39, 0.29) is 5.97 Å². The fourth-order valence-electron chi connectivity index (χ4n) is 1.61. The summed E-state index contributed by atoms with van der Waals surface area (Å²) in [6.45, 7) is 2.09. The number of carbonyl (C=O) groups excluding carboxylic acids is 1. The molecule has 0 aromatic rings. The lowest BCUT2D eigenvalue weighted by atomic mass is 9.97. The van der Waals surface area contributed by atoms with Crippen molar-refractivity contribution in [2.45, 2.75) is 32.6 Å². The topological polar surface area (TPSA) is 26.3 Å². The van der Waals surface area contributed by atoms with Gasteiger partial charge in [0.05, 0.1) is 13.5 Å². The van der Waals surface area contributed by atoms with Gasteiger partial charge in [-0.15, -0.1) is 0 Å². The van der Waals surface area contributed by atoms with Crippen LogP contribution in [0.15, 0.2) is 11.6 Å². The number of ether oxygens (including phenoxy) is 1. The van der Waals surface area contributed by atoms with Gasteiger partial charge in [0.15, 0.2) is 0 Å². The summed E-state index contributed by atoms with van der Waals surface area (Å²) in [7, 11) is 1.44. The Balaban J connectivity index is 2.37. The van der Waals surface area contributed by atoms with Crippen molar-refractivity contribution in [3.8, 4) is 0 Å². The molecule has 1 aliphatic rings. The molecule has 0 amide bonds. The summed E-state index contributed by atoms with van der Waals surface area (Å²) in [4.78, 5) is 10.9. The van der Waals surface area contributed by atoms with Crippen LogP contribution in [0.3, 0.4) is 0 Å². The van der Waals surface area contributed by atoms with Crippen molar-refractivity contribution >= 4 is 5.97 Å². The predicted octanol–water partition coefficient (Wildman–Crippen LogP) is 2.30. The van der Waals surface area contributed by atoms with Gasteiger partial charge in [0, 0.05) is 0 Å². The van der Waals surface area contributed by atoms with Gasteiger partial charge in [0.2, 0.25) is 0 Å². The number of carbonyl (C=O) groups is 1. The highest BCUT2D eigenvalue weighted by Crippen LogP contribution is 2.26. The minimum absolute atomic E-state index is 0.102. The first-order chi connectivity index (χ1) is 5.74. The van der Waals surface area contributed by atoms with Crippen LogP contribution in [0.5, 0.6) is 0 Å². The lowest BCUT2D eigenvalue weighted by Crippen LogP contribution is -2.08. The summed E-state index contributed by atoms with van der Waals surface area (Å²) in [6.07, 6.45) is 6.38. The van der Waals surface area contributed by atoms with Crippen LogP contribution in [-0.2, 0) is 9.53 Å². The van der Waals surface area contributed by atoms with Crippen molar-refractivity contribution < 1.29 is 9.53 Å². The molecule has 0 aromatic heterocycles. The number of hydrogen-bond donors (Lipinski definition) is 0. The average Bonchev–Trinajstić information content (AvgIpc) is 2.56. The molecular formula is C10H16O2. The van der Waals surface area contributed by atoms with E-state index in [0.717, 1.165) is 6.42 Å². The Kier molecular flexibility index (Phi) is 3.32. The molecule has 0 heterocycles. The predicted molar refractivity (Wildman–Crippen MR) is 47.7 cm³/mol. The molecule has 0 saturated heterocycles. The van der Waals surface area contributed by atoms with E-state index >= 15 is 0 Å². The highest BCUT2D eigenvalue weighted by Gasteiger charge is 2.15. The van der Waals surface area contributed by atoms with Crippen LogP contribution in [0.25, 0.3) is 0 Å². The standard InChI is InChI=1S/C10H16O2/c1-8(7-10(11)12-2)9-5-3-4-6-9/h5,8H,3-4,6-7H2,1-2H3. The van der Waals surface area contributed by atoms with Gasteiger partial charge in [-0.05, 0) is 25.2 Å². The molecule has 0 aromatic carbocycles. The Labute approximate surface area is 73.6 Å².